The number of unbranched alkanes of at least 4 members (excludes halogenated alkanes) is 1. The van der Waals surface area contributed by atoms with Crippen LogP contribution in [0.3, 0.4) is 0 Å². The number of carbonyl (C=O) groups is 1. The van der Waals surface area contributed by atoms with E-state index < -0.39 is 0 Å². The highest BCUT2D eigenvalue weighted by atomic mass is 16.5. The highest BCUT2D eigenvalue weighted by Gasteiger charge is 2.18. The summed E-state index contributed by atoms with van der Waals surface area (Å²) in [7, 11) is 0. The van der Waals surface area contributed by atoms with Crippen molar-refractivity contribution in [3.8, 4) is 0 Å². The summed E-state index contributed by atoms with van der Waals surface area (Å²) in [5, 5.41) is 1.09. The lowest BCUT2D eigenvalue weighted by atomic mass is 10.1. The van der Waals surface area contributed by atoms with Crippen molar-refractivity contribution in [1.29, 1.82) is 0 Å². The molecule has 1 aromatic carbocycles. The van der Waals surface area contributed by atoms with Crippen molar-refractivity contribution < 1.29 is 9.53 Å². The fourth-order valence-electron chi connectivity index (χ4n) is 3.10. The lowest BCUT2D eigenvalue weighted by Gasteiger charge is -2.08. The number of benzene rings is 1. The number of hydrogen-bond donors (Lipinski definition) is 1. The average molecular weight is 309 g/mol. The summed E-state index contributed by atoms with van der Waals surface area (Å²) in [6, 6.07) is 8.01. The van der Waals surface area contributed by atoms with Gasteiger partial charge in [0.05, 0.1) is 6.42 Å². The number of para-hydroxylation sites is 1. The van der Waals surface area contributed by atoms with Crippen molar-refractivity contribution in [2.45, 2.75) is 46.0 Å². The van der Waals surface area contributed by atoms with E-state index in [-0.39, 0.29) is 5.97 Å². The van der Waals surface area contributed by atoms with Crippen molar-refractivity contribution in [2.75, 3.05) is 0 Å². The molecule has 0 saturated carbocycles. The fraction of sp³-hybridized carbons (Fsp3) is 0.350. The quantitative estimate of drug-likeness (QED) is 0.759. The molecule has 120 valence electrons. The fourth-order valence-corrected chi connectivity index (χ4v) is 3.10. The van der Waals surface area contributed by atoms with Gasteiger partial charge in [0.25, 0.3) is 0 Å². The Morgan fingerprint density at radius 2 is 2.13 bits per heavy atom. The Morgan fingerprint density at radius 1 is 1.30 bits per heavy atom. The Hall–Kier alpha value is -2.29. The van der Waals surface area contributed by atoms with E-state index in [0.717, 1.165) is 47.9 Å². The van der Waals surface area contributed by atoms with Gasteiger partial charge in [-0.2, -0.15) is 0 Å². The second-order valence-electron chi connectivity index (χ2n) is 6.25. The molecule has 0 bridgehead atoms. The van der Waals surface area contributed by atoms with Crippen LogP contribution in [0.25, 0.3) is 10.9 Å². The summed E-state index contributed by atoms with van der Waals surface area (Å²) in [6.45, 7) is 4.27. The average Bonchev–Trinajstić information content (AvgIpc) is 3.09. The first kappa shape index (κ1) is 15.6. The molecule has 0 aliphatic heterocycles. The van der Waals surface area contributed by atoms with Gasteiger partial charge in [-0.1, -0.05) is 37.1 Å². The van der Waals surface area contributed by atoms with Crippen molar-refractivity contribution >= 4 is 16.9 Å². The molecule has 0 fully saturated rings. The Morgan fingerprint density at radius 3 is 2.96 bits per heavy atom. The van der Waals surface area contributed by atoms with Gasteiger partial charge in [0.1, 0.15) is 5.76 Å². The highest BCUT2D eigenvalue weighted by Crippen LogP contribution is 2.30. The molecular formula is C20H23NO2. The van der Waals surface area contributed by atoms with Gasteiger partial charge in [0.2, 0.25) is 0 Å². The molecule has 0 spiro atoms. The van der Waals surface area contributed by atoms with Crippen molar-refractivity contribution in [3.05, 3.63) is 59.0 Å². The highest BCUT2D eigenvalue weighted by molar-refractivity contribution is 5.87. The lowest BCUT2D eigenvalue weighted by Crippen LogP contribution is -2.07. The maximum Gasteiger partial charge on any atom is 0.315 e. The van der Waals surface area contributed by atoms with Crippen LogP contribution >= 0.6 is 0 Å². The number of fused-ring (bicyclic) bond motifs is 1. The zero-order chi connectivity index (χ0) is 16.2. The van der Waals surface area contributed by atoms with Gasteiger partial charge in [0, 0.05) is 17.1 Å². The third kappa shape index (κ3) is 3.55. The molecule has 0 atom stereocenters. The number of esters is 1. The summed E-state index contributed by atoms with van der Waals surface area (Å²) in [5.41, 5.74) is 4.57. The predicted octanol–water partition coefficient (Wildman–Crippen LogP) is 5.05. The summed E-state index contributed by atoms with van der Waals surface area (Å²) in [6.07, 6.45) is 8.45. The molecule has 0 unspecified atom stereocenters. The molecular weight excluding hydrogens is 286 g/mol. The standard InChI is InChI=1S/C20H23NO2/c1-3-4-7-15-10-14(2)11-19(15)23-20(22)12-16-13-21-18-9-6-5-8-17(16)18/h5-6,8-9,11,13,21H,3-4,7,10,12H2,1-2H3. The summed E-state index contributed by atoms with van der Waals surface area (Å²) >= 11 is 0. The van der Waals surface area contributed by atoms with Crippen molar-refractivity contribution in [3.63, 3.8) is 0 Å². The first-order valence-electron chi connectivity index (χ1n) is 8.32. The normalized spacial score (nSPS) is 14.4. The number of hydrogen-bond acceptors (Lipinski definition) is 2. The number of aromatic amines is 1. The van der Waals surface area contributed by atoms with E-state index in [2.05, 4.69) is 18.8 Å². The van der Waals surface area contributed by atoms with Gasteiger partial charge in [-0.25, -0.2) is 0 Å². The van der Waals surface area contributed by atoms with E-state index in [0.29, 0.717) is 6.42 Å². The molecule has 0 saturated heterocycles. The van der Waals surface area contributed by atoms with Crippen LogP contribution in [0.2, 0.25) is 0 Å². The molecule has 3 nitrogen and oxygen atoms in total. The zero-order valence-electron chi connectivity index (χ0n) is 13.8. The van der Waals surface area contributed by atoms with Gasteiger partial charge < -0.3 is 9.72 Å². The minimum atomic E-state index is -0.190. The van der Waals surface area contributed by atoms with E-state index in [1.165, 1.54) is 11.1 Å². The van der Waals surface area contributed by atoms with Crippen LogP contribution in [0.5, 0.6) is 0 Å². The van der Waals surface area contributed by atoms with E-state index in [1.807, 2.05) is 36.5 Å². The number of aromatic nitrogens is 1. The third-order valence-corrected chi connectivity index (χ3v) is 4.28. The summed E-state index contributed by atoms with van der Waals surface area (Å²) < 4.78 is 5.66. The molecule has 1 N–H and O–H groups in total. The minimum absolute atomic E-state index is 0.190. The van der Waals surface area contributed by atoms with E-state index in [4.69, 9.17) is 4.74 Å². The first-order valence-corrected chi connectivity index (χ1v) is 8.32. The van der Waals surface area contributed by atoms with Crippen LogP contribution in [0.1, 0.15) is 45.1 Å². The molecule has 1 aliphatic rings. The van der Waals surface area contributed by atoms with Crippen LogP contribution < -0.4 is 0 Å². The zero-order valence-corrected chi connectivity index (χ0v) is 13.8. The van der Waals surface area contributed by atoms with Crippen LogP contribution in [0.4, 0.5) is 0 Å². The topological polar surface area (TPSA) is 42.1 Å². The number of nitrogens with one attached hydrogen (secondary N) is 1. The molecule has 0 radical (unpaired) electrons. The van der Waals surface area contributed by atoms with Crippen LogP contribution in [-0.2, 0) is 16.0 Å². The maximum atomic E-state index is 12.3. The van der Waals surface area contributed by atoms with Gasteiger partial charge in [-0.3, -0.25) is 4.79 Å². The maximum absolute atomic E-state index is 12.3. The minimum Gasteiger partial charge on any atom is -0.426 e. The van der Waals surface area contributed by atoms with Crippen molar-refractivity contribution in [2.24, 2.45) is 0 Å². The molecule has 0 amide bonds. The molecule has 3 heteroatoms. The monoisotopic (exact) mass is 309 g/mol. The number of H-pyrrole nitrogens is 1. The SMILES string of the molecule is CCCCC1=C(OC(=O)Cc2c[nH]c3ccccc23)C=C(C)C1. The van der Waals surface area contributed by atoms with Crippen LogP contribution in [-0.4, -0.2) is 11.0 Å². The smallest absolute Gasteiger partial charge is 0.315 e. The number of allylic oxidation sites excluding steroid dienone is 3. The Balaban J connectivity index is 1.71. The Bertz CT molecular complexity index is 780. The molecule has 1 aromatic heterocycles. The molecule has 1 heterocycles. The van der Waals surface area contributed by atoms with Crippen LogP contribution in [0.15, 0.2) is 53.4 Å². The lowest BCUT2D eigenvalue weighted by molar-refractivity contribution is -0.138. The number of carbonyl (C=O) groups excluding carboxylic acids is 1. The number of rotatable bonds is 6. The van der Waals surface area contributed by atoms with Gasteiger partial charge in [0.15, 0.2) is 0 Å². The molecule has 2 aromatic rings. The van der Waals surface area contributed by atoms with E-state index in [9.17, 15) is 4.79 Å². The van der Waals surface area contributed by atoms with E-state index in [1.54, 1.807) is 0 Å². The van der Waals surface area contributed by atoms with Gasteiger partial charge >= 0.3 is 5.97 Å². The molecule has 3 rings (SSSR count). The molecule has 1 aliphatic carbocycles. The van der Waals surface area contributed by atoms with E-state index >= 15 is 0 Å². The van der Waals surface area contributed by atoms with Gasteiger partial charge in [-0.15, -0.1) is 0 Å². The summed E-state index contributed by atoms with van der Waals surface area (Å²) in [5.74, 6) is 0.588. The predicted molar refractivity (Wildman–Crippen MR) is 93.0 cm³/mol. The second-order valence-corrected chi connectivity index (χ2v) is 6.25. The Labute approximate surface area is 137 Å². The van der Waals surface area contributed by atoms with Gasteiger partial charge in [-0.05, 0) is 49.5 Å². The Kier molecular flexibility index (Phi) is 4.65. The summed E-state index contributed by atoms with van der Waals surface area (Å²) in [4.78, 5) is 15.5. The van der Waals surface area contributed by atoms with Crippen LogP contribution in [0, 0.1) is 0 Å². The first-order chi connectivity index (χ1) is 11.2. The number of ether oxygens (including phenoxy) is 1. The van der Waals surface area contributed by atoms with Crippen molar-refractivity contribution in [1.82, 2.24) is 4.98 Å². The molecule has 23 heavy (non-hydrogen) atoms. The third-order valence-electron chi connectivity index (χ3n) is 4.28. The largest absolute Gasteiger partial charge is 0.426 e. The second kappa shape index (κ2) is 6.86.